The minimum absolute atomic E-state index is 0.0914. The van der Waals surface area contributed by atoms with E-state index in [1.165, 1.54) is 5.56 Å². The van der Waals surface area contributed by atoms with Gasteiger partial charge in [-0.25, -0.2) is 0 Å². The third-order valence-electron chi connectivity index (χ3n) is 3.69. The van der Waals surface area contributed by atoms with Crippen LogP contribution in [0.5, 0.6) is 5.75 Å². The summed E-state index contributed by atoms with van der Waals surface area (Å²) >= 11 is 0. The third kappa shape index (κ3) is 6.24. The highest BCUT2D eigenvalue weighted by Crippen LogP contribution is 2.18. The van der Waals surface area contributed by atoms with E-state index in [0.717, 1.165) is 5.75 Å². The second-order valence-corrected chi connectivity index (χ2v) is 6.74. The van der Waals surface area contributed by atoms with Gasteiger partial charge < -0.3 is 15.4 Å². The molecule has 5 nitrogen and oxygen atoms in total. The highest BCUT2D eigenvalue weighted by molar-refractivity contribution is 6.08. The Hall–Kier alpha value is -2.82. The van der Waals surface area contributed by atoms with E-state index < -0.39 is 0 Å². The first-order valence-corrected chi connectivity index (χ1v) is 8.80. The van der Waals surface area contributed by atoms with E-state index >= 15 is 0 Å². The monoisotopic (exact) mass is 354 g/mol. The van der Waals surface area contributed by atoms with E-state index in [1.807, 2.05) is 38.1 Å². The number of hydrogen-bond donors (Lipinski definition) is 2. The molecular weight excluding hydrogens is 328 g/mol. The molecule has 5 heteroatoms. The Kier molecular flexibility index (Phi) is 6.78. The minimum atomic E-state index is -0.362. The number of hydrogen-bond acceptors (Lipinski definition) is 3. The number of carbonyl (C=O) groups is 2. The van der Waals surface area contributed by atoms with Gasteiger partial charge in [0, 0.05) is 11.4 Å². The molecule has 0 spiro atoms. The molecule has 2 amide bonds. The molecule has 0 unspecified atom stereocenters. The molecule has 26 heavy (non-hydrogen) atoms. The Bertz CT molecular complexity index is 735. The fraction of sp³-hybridized carbons (Fsp3) is 0.333. The van der Waals surface area contributed by atoms with Gasteiger partial charge in [-0.15, -0.1) is 0 Å². The van der Waals surface area contributed by atoms with Crippen molar-refractivity contribution in [1.82, 2.24) is 0 Å². The molecule has 0 saturated heterocycles. The fourth-order valence-electron chi connectivity index (χ4n) is 2.40. The maximum Gasteiger partial charge on any atom is 0.233 e. The number of ether oxygens (including phenoxy) is 1. The fourth-order valence-corrected chi connectivity index (χ4v) is 2.40. The van der Waals surface area contributed by atoms with Crippen molar-refractivity contribution in [2.45, 2.75) is 46.1 Å². The Labute approximate surface area is 154 Å². The van der Waals surface area contributed by atoms with Crippen molar-refractivity contribution in [3.63, 3.8) is 0 Å². The van der Waals surface area contributed by atoms with Crippen LogP contribution in [0.3, 0.4) is 0 Å². The van der Waals surface area contributed by atoms with E-state index in [1.54, 1.807) is 24.3 Å². The lowest BCUT2D eigenvalue weighted by molar-refractivity contribution is -0.123. The zero-order valence-electron chi connectivity index (χ0n) is 15.7. The molecule has 0 aliphatic carbocycles. The Morgan fingerprint density at radius 1 is 0.808 bits per heavy atom. The molecule has 2 N–H and O–H groups in total. The van der Waals surface area contributed by atoms with Crippen LogP contribution in [-0.4, -0.2) is 17.9 Å². The molecule has 0 saturated carbocycles. The van der Waals surface area contributed by atoms with Crippen molar-refractivity contribution >= 4 is 23.2 Å². The zero-order chi connectivity index (χ0) is 19.1. The molecule has 0 aliphatic heterocycles. The van der Waals surface area contributed by atoms with Gasteiger partial charge in [0.2, 0.25) is 11.8 Å². The van der Waals surface area contributed by atoms with Gasteiger partial charge in [0.25, 0.3) is 0 Å². The Morgan fingerprint density at radius 3 is 1.69 bits per heavy atom. The van der Waals surface area contributed by atoms with Crippen LogP contribution in [0, 0.1) is 0 Å². The number of benzene rings is 2. The molecule has 2 rings (SSSR count). The van der Waals surface area contributed by atoms with Crippen LogP contribution in [0.4, 0.5) is 11.4 Å². The van der Waals surface area contributed by atoms with Crippen molar-refractivity contribution in [2.24, 2.45) is 0 Å². The van der Waals surface area contributed by atoms with Crippen LogP contribution in [0.1, 0.15) is 45.6 Å². The first-order valence-electron chi connectivity index (χ1n) is 8.80. The maximum absolute atomic E-state index is 12.0. The van der Waals surface area contributed by atoms with E-state index in [-0.39, 0.29) is 24.3 Å². The summed E-state index contributed by atoms with van der Waals surface area (Å²) in [4.78, 5) is 24.0. The SMILES string of the molecule is CC(C)Oc1ccc(NC(=O)CC(=O)Nc2ccc(C(C)C)cc2)cc1. The molecule has 0 radical (unpaired) electrons. The average molecular weight is 354 g/mol. The van der Waals surface area contributed by atoms with Gasteiger partial charge in [0.05, 0.1) is 6.10 Å². The summed E-state index contributed by atoms with van der Waals surface area (Å²) in [6.07, 6.45) is -0.148. The van der Waals surface area contributed by atoms with Gasteiger partial charge >= 0.3 is 0 Å². The lowest BCUT2D eigenvalue weighted by atomic mass is 10.0. The van der Waals surface area contributed by atoms with Crippen molar-refractivity contribution in [1.29, 1.82) is 0 Å². The average Bonchev–Trinajstić information content (AvgIpc) is 2.56. The van der Waals surface area contributed by atoms with Gasteiger partial charge in [-0.05, 0) is 61.7 Å². The topological polar surface area (TPSA) is 67.4 Å². The number of carbonyl (C=O) groups excluding carboxylic acids is 2. The van der Waals surface area contributed by atoms with Crippen LogP contribution < -0.4 is 15.4 Å². The molecule has 2 aromatic carbocycles. The highest BCUT2D eigenvalue weighted by atomic mass is 16.5. The number of nitrogens with one attached hydrogen (secondary N) is 2. The van der Waals surface area contributed by atoms with E-state index in [9.17, 15) is 9.59 Å². The second kappa shape index (κ2) is 9.04. The largest absolute Gasteiger partial charge is 0.491 e. The first kappa shape index (κ1) is 19.5. The van der Waals surface area contributed by atoms with Gasteiger partial charge in [-0.1, -0.05) is 26.0 Å². The summed E-state index contributed by atoms with van der Waals surface area (Å²) in [5, 5.41) is 5.44. The zero-order valence-corrected chi connectivity index (χ0v) is 15.7. The maximum atomic E-state index is 12.0. The lowest BCUT2D eigenvalue weighted by Gasteiger charge is -2.11. The van der Waals surface area contributed by atoms with Crippen LogP contribution in [0.25, 0.3) is 0 Å². The standard InChI is InChI=1S/C21H26N2O3/c1-14(2)16-5-7-17(8-6-16)22-20(24)13-21(25)23-18-9-11-19(12-10-18)26-15(3)4/h5-12,14-15H,13H2,1-4H3,(H,22,24)(H,23,25). The van der Waals surface area contributed by atoms with E-state index in [2.05, 4.69) is 24.5 Å². The molecule has 0 atom stereocenters. The molecule has 0 aliphatic rings. The predicted molar refractivity (Wildman–Crippen MR) is 105 cm³/mol. The molecule has 138 valence electrons. The molecule has 0 fully saturated rings. The van der Waals surface area contributed by atoms with E-state index in [4.69, 9.17) is 4.74 Å². The van der Waals surface area contributed by atoms with Crippen LogP contribution in [0.15, 0.2) is 48.5 Å². The van der Waals surface area contributed by atoms with Gasteiger partial charge in [0.1, 0.15) is 12.2 Å². The molecule has 0 bridgehead atoms. The first-order chi connectivity index (χ1) is 12.3. The Balaban J connectivity index is 1.84. The second-order valence-electron chi connectivity index (χ2n) is 6.74. The Morgan fingerprint density at radius 2 is 1.27 bits per heavy atom. The van der Waals surface area contributed by atoms with Crippen molar-refractivity contribution in [3.05, 3.63) is 54.1 Å². The molecule has 2 aromatic rings. The number of anilines is 2. The summed E-state index contributed by atoms with van der Waals surface area (Å²) in [5.41, 5.74) is 2.51. The predicted octanol–water partition coefficient (Wildman–Crippen LogP) is 4.56. The van der Waals surface area contributed by atoms with Crippen LogP contribution in [-0.2, 0) is 9.59 Å². The molecular formula is C21H26N2O3. The normalized spacial score (nSPS) is 10.7. The van der Waals surface area contributed by atoms with Gasteiger partial charge in [-0.3, -0.25) is 9.59 Å². The summed E-state index contributed by atoms with van der Waals surface area (Å²) in [7, 11) is 0. The van der Waals surface area contributed by atoms with Gasteiger partial charge in [-0.2, -0.15) is 0 Å². The van der Waals surface area contributed by atoms with E-state index in [0.29, 0.717) is 17.3 Å². The molecule has 0 aromatic heterocycles. The van der Waals surface area contributed by atoms with Crippen LogP contribution in [0.2, 0.25) is 0 Å². The summed E-state index contributed by atoms with van der Waals surface area (Å²) in [6.45, 7) is 8.12. The number of rotatable bonds is 7. The third-order valence-corrected chi connectivity index (χ3v) is 3.69. The number of amides is 2. The lowest BCUT2D eigenvalue weighted by Crippen LogP contribution is -2.21. The smallest absolute Gasteiger partial charge is 0.233 e. The van der Waals surface area contributed by atoms with Crippen molar-refractivity contribution in [3.8, 4) is 5.75 Å². The summed E-state index contributed by atoms with van der Waals surface area (Å²) < 4.78 is 5.55. The molecule has 0 heterocycles. The van der Waals surface area contributed by atoms with Gasteiger partial charge in [0.15, 0.2) is 0 Å². The summed E-state index contributed by atoms with van der Waals surface area (Å²) in [6, 6.07) is 14.7. The van der Waals surface area contributed by atoms with Crippen molar-refractivity contribution in [2.75, 3.05) is 10.6 Å². The minimum Gasteiger partial charge on any atom is -0.491 e. The summed E-state index contributed by atoms with van der Waals surface area (Å²) in [5.74, 6) is 0.460. The highest BCUT2D eigenvalue weighted by Gasteiger charge is 2.10. The van der Waals surface area contributed by atoms with Crippen molar-refractivity contribution < 1.29 is 14.3 Å². The van der Waals surface area contributed by atoms with Crippen LogP contribution >= 0.6 is 0 Å². The quantitative estimate of drug-likeness (QED) is 0.716.